The maximum Gasteiger partial charge on any atom is 0.328 e. The zero-order valence-corrected chi connectivity index (χ0v) is 18.4. The number of carbonyl (C=O) groups excluding carboxylic acids is 1. The summed E-state index contributed by atoms with van der Waals surface area (Å²) in [6.45, 7) is 2.11. The van der Waals surface area contributed by atoms with Gasteiger partial charge in [0, 0.05) is 32.7 Å². The highest BCUT2D eigenvalue weighted by atomic mass is 32.2. The Morgan fingerprint density at radius 1 is 1.07 bits per heavy atom. The molecular formula is C21H26N4O4S. The minimum Gasteiger partial charge on any atom is -0.326 e. The Morgan fingerprint density at radius 2 is 1.77 bits per heavy atom. The molecule has 0 spiro atoms. The van der Waals surface area contributed by atoms with Gasteiger partial charge >= 0.3 is 5.69 Å². The molecule has 160 valence electrons. The number of nitrogens with one attached hydrogen (secondary N) is 1. The molecule has 1 aromatic heterocycles. The fourth-order valence-electron chi connectivity index (χ4n) is 3.46. The number of amides is 1. The van der Waals surface area contributed by atoms with Crippen molar-refractivity contribution in [3.63, 3.8) is 0 Å². The topological polar surface area (TPSA) is 93.4 Å². The summed E-state index contributed by atoms with van der Waals surface area (Å²) in [7, 11) is -0.0745. The molecule has 0 bridgehead atoms. The van der Waals surface area contributed by atoms with Gasteiger partial charge in [0.25, 0.3) is 0 Å². The summed E-state index contributed by atoms with van der Waals surface area (Å²) in [5.74, 6) is -0.215. The predicted octanol–water partition coefficient (Wildman–Crippen LogP) is 2.37. The minimum absolute atomic E-state index is 0.134. The molecule has 0 atom stereocenters. The fraction of sp³-hybridized carbons (Fsp3) is 0.333. The van der Waals surface area contributed by atoms with Crippen LogP contribution in [0.4, 0.5) is 11.4 Å². The third-order valence-corrected chi connectivity index (χ3v) is 6.20. The zero-order valence-electron chi connectivity index (χ0n) is 17.5. The van der Waals surface area contributed by atoms with Gasteiger partial charge in [0.15, 0.2) is 0 Å². The van der Waals surface area contributed by atoms with Crippen molar-refractivity contribution >= 4 is 38.3 Å². The molecule has 0 radical (unpaired) electrons. The Balaban J connectivity index is 1.66. The Labute approximate surface area is 175 Å². The highest BCUT2D eigenvalue weighted by molar-refractivity contribution is 7.92. The van der Waals surface area contributed by atoms with Crippen molar-refractivity contribution in [2.24, 2.45) is 14.1 Å². The summed E-state index contributed by atoms with van der Waals surface area (Å²) in [5, 5.41) is 2.82. The van der Waals surface area contributed by atoms with Crippen LogP contribution in [0.3, 0.4) is 0 Å². The van der Waals surface area contributed by atoms with Gasteiger partial charge in [-0.05, 0) is 49.2 Å². The van der Waals surface area contributed by atoms with Crippen LogP contribution in [0.15, 0.2) is 47.3 Å². The lowest BCUT2D eigenvalue weighted by Gasteiger charge is -2.22. The molecule has 1 amide bonds. The van der Waals surface area contributed by atoms with E-state index >= 15 is 0 Å². The summed E-state index contributed by atoms with van der Waals surface area (Å²) in [4.78, 5) is 24.4. The molecule has 8 nitrogen and oxygen atoms in total. The Morgan fingerprint density at radius 3 is 2.43 bits per heavy atom. The number of hydrogen-bond acceptors (Lipinski definition) is 4. The summed E-state index contributed by atoms with van der Waals surface area (Å²) in [6, 6.07) is 12.5. The second kappa shape index (κ2) is 8.35. The smallest absolute Gasteiger partial charge is 0.326 e. The highest BCUT2D eigenvalue weighted by Crippen LogP contribution is 2.20. The lowest BCUT2D eigenvalue weighted by Crippen LogP contribution is -2.31. The SMILES string of the molecule is Cc1cccc(N(CCCC(=O)Nc2ccc3c(c2)n(C)c(=O)n3C)S(C)(=O)=O)c1. The monoisotopic (exact) mass is 430 g/mol. The second-order valence-electron chi connectivity index (χ2n) is 7.43. The van der Waals surface area contributed by atoms with Gasteiger partial charge in [-0.2, -0.15) is 0 Å². The molecule has 0 saturated heterocycles. The molecule has 2 aromatic carbocycles. The number of benzene rings is 2. The first-order valence-corrected chi connectivity index (χ1v) is 11.4. The zero-order chi connectivity index (χ0) is 22.1. The van der Waals surface area contributed by atoms with Crippen molar-refractivity contribution < 1.29 is 13.2 Å². The first-order valence-electron chi connectivity index (χ1n) is 9.57. The first-order chi connectivity index (χ1) is 14.1. The van der Waals surface area contributed by atoms with Crippen molar-refractivity contribution in [3.8, 4) is 0 Å². The van der Waals surface area contributed by atoms with E-state index < -0.39 is 10.0 Å². The van der Waals surface area contributed by atoms with Crippen LogP contribution in [0, 0.1) is 6.92 Å². The van der Waals surface area contributed by atoms with Gasteiger partial charge in [-0.1, -0.05) is 12.1 Å². The van der Waals surface area contributed by atoms with E-state index in [-0.39, 0.29) is 24.6 Å². The number of nitrogens with zero attached hydrogens (tertiary/aromatic N) is 3. The number of sulfonamides is 1. The maximum absolute atomic E-state index is 12.4. The van der Waals surface area contributed by atoms with Gasteiger partial charge in [-0.15, -0.1) is 0 Å². The van der Waals surface area contributed by atoms with Gasteiger partial charge in [-0.25, -0.2) is 13.2 Å². The highest BCUT2D eigenvalue weighted by Gasteiger charge is 2.18. The molecular weight excluding hydrogens is 404 g/mol. The van der Waals surface area contributed by atoms with E-state index in [1.807, 2.05) is 19.1 Å². The molecule has 0 aliphatic carbocycles. The molecule has 1 N–H and O–H groups in total. The Bertz CT molecular complexity index is 1260. The molecule has 0 unspecified atom stereocenters. The van der Waals surface area contributed by atoms with Crippen molar-refractivity contribution in [1.82, 2.24) is 9.13 Å². The van der Waals surface area contributed by atoms with Crippen LogP contribution in [0.1, 0.15) is 18.4 Å². The van der Waals surface area contributed by atoms with E-state index in [2.05, 4.69) is 5.32 Å². The van der Waals surface area contributed by atoms with Crippen LogP contribution >= 0.6 is 0 Å². The van der Waals surface area contributed by atoms with Crippen LogP contribution in [0.5, 0.6) is 0 Å². The Kier molecular flexibility index (Phi) is 6.02. The third-order valence-electron chi connectivity index (χ3n) is 5.01. The summed E-state index contributed by atoms with van der Waals surface area (Å²) in [6.07, 6.45) is 1.71. The van der Waals surface area contributed by atoms with Gasteiger partial charge in [0.2, 0.25) is 15.9 Å². The number of hydrogen-bond donors (Lipinski definition) is 1. The molecule has 0 saturated carbocycles. The minimum atomic E-state index is -3.46. The fourth-order valence-corrected chi connectivity index (χ4v) is 4.42. The molecule has 0 aliphatic rings. The van der Waals surface area contributed by atoms with Crippen molar-refractivity contribution in [2.75, 3.05) is 22.4 Å². The molecule has 30 heavy (non-hydrogen) atoms. The maximum atomic E-state index is 12.4. The molecule has 3 rings (SSSR count). The Hall–Kier alpha value is -3.07. The van der Waals surface area contributed by atoms with E-state index in [9.17, 15) is 18.0 Å². The average molecular weight is 431 g/mol. The van der Waals surface area contributed by atoms with Crippen molar-refractivity contribution in [1.29, 1.82) is 0 Å². The summed E-state index contributed by atoms with van der Waals surface area (Å²) >= 11 is 0. The van der Waals surface area contributed by atoms with Gasteiger partial charge < -0.3 is 5.32 Å². The number of fused-ring (bicyclic) bond motifs is 1. The van der Waals surface area contributed by atoms with Crippen LogP contribution in [-0.2, 0) is 28.9 Å². The average Bonchev–Trinajstić information content (AvgIpc) is 2.88. The van der Waals surface area contributed by atoms with Crippen molar-refractivity contribution in [3.05, 3.63) is 58.5 Å². The number of aromatic nitrogens is 2. The normalized spacial score (nSPS) is 11.6. The largest absolute Gasteiger partial charge is 0.328 e. The van der Waals surface area contributed by atoms with Crippen LogP contribution < -0.4 is 15.3 Å². The van der Waals surface area contributed by atoms with E-state index in [4.69, 9.17) is 0 Å². The van der Waals surface area contributed by atoms with E-state index in [0.29, 0.717) is 17.8 Å². The van der Waals surface area contributed by atoms with Gasteiger partial charge in [0.1, 0.15) is 0 Å². The van der Waals surface area contributed by atoms with Gasteiger partial charge in [0.05, 0.1) is 23.0 Å². The number of aryl methyl sites for hydroxylation is 3. The van der Waals surface area contributed by atoms with E-state index in [0.717, 1.165) is 22.9 Å². The van der Waals surface area contributed by atoms with E-state index in [1.54, 1.807) is 49.0 Å². The molecule has 0 fully saturated rings. The van der Waals surface area contributed by atoms with Gasteiger partial charge in [-0.3, -0.25) is 18.2 Å². The lowest BCUT2D eigenvalue weighted by molar-refractivity contribution is -0.116. The standard InChI is InChI=1S/C21H26N4O4S/c1-15-7-5-8-17(13-15)25(30(4,28)29)12-6-9-20(26)22-16-10-11-18-19(14-16)24(3)21(27)23(18)2/h5,7-8,10-11,13-14H,6,9,12H2,1-4H3,(H,22,26). The van der Waals surface area contributed by atoms with Crippen LogP contribution in [0.25, 0.3) is 11.0 Å². The molecule has 3 aromatic rings. The second-order valence-corrected chi connectivity index (χ2v) is 9.34. The van der Waals surface area contributed by atoms with Crippen LogP contribution in [0.2, 0.25) is 0 Å². The summed E-state index contributed by atoms with van der Waals surface area (Å²) in [5.41, 5.74) is 3.52. The molecule has 1 heterocycles. The quantitative estimate of drug-likeness (QED) is 0.623. The van der Waals surface area contributed by atoms with Crippen LogP contribution in [-0.4, -0.2) is 36.3 Å². The van der Waals surface area contributed by atoms with E-state index in [1.165, 1.54) is 8.87 Å². The predicted molar refractivity (Wildman–Crippen MR) is 119 cm³/mol. The summed E-state index contributed by atoms with van der Waals surface area (Å²) < 4.78 is 28.8. The number of rotatable bonds is 7. The first kappa shape index (κ1) is 21.6. The molecule has 9 heteroatoms. The number of imidazole rings is 1. The number of carbonyl (C=O) groups is 1. The molecule has 0 aliphatic heterocycles. The lowest BCUT2D eigenvalue weighted by atomic mass is 10.2. The third kappa shape index (κ3) is 4.56. The number of anilines is 2. The van der Waals surface area contributed by atoms with Crippen molar-refractivity contribution in [2.45, 2.75) is 19.8 Å².